The molecule has 178 valence electrons. The van der Waals surface area contributed by atoms with Crippen molar-refractivity contribution in [2.75, 3.05) is 23.5 Å². The van der Waals surface area contributed by atoms with Crippen molar-refractivity contribution in [3.8, 4) is 22.8 Å². The van der Waals surface area contributed by atoms with E-state index in [0.717, 1.165) is 11.3 Å². The van der Waals surface area contributed by atoms with Crippen molar-refractivity contribution in [2.24, 2.45) is 0 Å². The van der Waals surface area contributed by atoms with Crippen molar-refractivity contribution < 1.29 is 14.3 Å². The first-order valence-electron chi connectivity index (χ1n) is 10.6. The van der Waals surface area contributed by atoms with Crippen molar-refractivity contribution in [2.45, 2.75) is 12.1 Å². The number of aromatic nitrogens is 3. The zero-order valence-electron chi connectivity index (χ0n) is 19.0. The van der Waals surface area contributed by atoms with Crippen molar-refractivity contribution in [3.63, 3.8) is 0 Å². The molecule has 3 aromatic carbocycles. The molecular formula is C25H22ClN5O3S. The topological polar surface area (TPSA) is 98.1 Å². The van der Waals surface area contributed by atoms with E-state index in [1.807, 2.05) is 41.0 Å². The van der Waals surface area contributed by atoms with E-state index in [1.54, 1.807) is 43.5 Å². The fourth-order valence-corrected chi connectivity index (χ4v) is 4.18. The Labute approximate surface area is 211 Å². The smallest absolute Gasteiger partial charge is 0.234 e. The highest BCUT2D eigenvalue weighted by Gasteiger charge is 2.18. The first-order chi connectivity index (χ1) is 16.9. The van der Waals surface area contributed by atoms with Crippen LogP contribution in [0.3, 0.4) is 0 Å². The van der Waals surface area contributed by atoms with Gasteiger partial charge in [-0.15, -0.1) is 10.2 Å². The molecule has 0 aliphatic rings. The number of hydrogen-bond acceptors (Lipinski definition) is 6. The molecule has 2 N–H and O–H groups in total. The Morgan fingerprint density at radius 3 is 2.31 bits per heavy atom. The third-order valence-electron chi connectivity index (χ3n) is 4.87. The van der Waals surface area contributed by atoms with Gasteiger partial charge in [-0.3, -0.25) is 14.2 Å². The molecule has 0 bridgehead atoms. The van der Waals surface area contributed by atoms with Gasteiger partial charge in [-0.05, 0) is 60.7 Å². The van der Waals surface area contributed by atoms with Crippen LogP contribution in [0.25, 0.3) is 17.1 Å². The minimum atomic E-state index is -0.198. The largest absolute Gasteiger partial charge is 0.497 e. The summed E-state index contributed by atoms with van der Waals surface area (Å²) in [6.07, 6.45) is 0. The molecule has 2 amide bonds. The molecule has 0 radical (unpaired) electrons. The average Bonchev–Trinajstić information content (AvgIpc) is 3.28. The van der Waals surface area contributed by atoms with Gasteiger partial charge in [-0.1, -0.05) is 35.5 Å². The van der Waals surface area contributed by atoms with Crippen LogP contribution in [0.15, 0.2) is 78.0 Å². The summed E-state index contributed by atoms with van der Waals surface area (Å²) in [7, 11) is 1.61. The number of methoxy groups -OCH3 is 1. The van der Waals surface area contributed by atoms with Gasteiger partial charge < -0.3 is 15.4 Å². The van der Waals surface area contributed by atoms with E-state index in [9.17, 15) is 9.59 Å². The van der Waals surface area contributed by atoms with Gasteiger partial charge in [0.15, 0.2) is 11.0 Å². The van der Waals surface area contributed by atoms with Crippen LogP contribution in [0, 0.1) is 0 Å². The number of carbonyl (C=O) groups excluding carboxylic acids is 2. The molecule has 0 unspecified atom stereocenters. The van der Waals surface area contributed by atoms with Gasteiger partial charge in [0, 0.05) is 34.6 Å². The zero-order valence-corrected chi connectivity index (χ0v) is 20.6. The molecule has 10 heteroatoms. The number of amides is 2. The molecule has 4 aromatic rings. The Morgan fingerprint density at radius 1 is 0.971 bits per heavy atom. The minimum Gasteiger partial charge on any atom is -0.497 e. The van der Waals surface area contributed by atoms with E-state index < -0.39 is 0 Å². The van der Waals surface area contributed by atoms with Crippen LogP contribution < -0.4 is 15.4 Å². The van der Waals surface area contributed by atoms with E-state index in [1.165, 1.54) is 18.7 Å². The number of thioether (sulfide) groups is 1. The van der Waals surface area contributed by atoms with E-state index in [4.69, 9.17) is 16.3 Å². The van der Waals surface area contributed by atoms with Gasteiger partial charge in [0.2, 0.25) is 11.8 Å². The Kier molecular flexibility index (Phi) is 7.69. The van der Waals surface area contributed by atoms with E-state index in [-0.39, 0.29) is 17.6 Å². The molecule has 35 heavy (non-hydrogen) atoms. The van der Waals surface area contributed by atoms with E-state index >= 15 is 0 Å². The summed E-state index contributed by atoms with van der Waals surface area (Å²) >= 11 is 7.35. The van der Waals surface area contributed by atoms with Crippen LogP contribution in [0.1, 0.15) is 6.92 Å². The monoisotopic (exact) mass is 507 g/mol. The lowest BCUT2D eigenvalue weighted by molar-refractivity contribution is -0.114. The predicted molar refractivity (Wildman–Crippen MR) is 138 cm³/mol. The Morgan fingerprint density at radius 2 is 1.66 bits per heavy atom. The highest BCUT2D eigenvalue weighted by Crippen LogP contribution is 2.30. The summed E-state index contributed by atoms with van der Waals surface area (Å²) < 4.78 is 7.23. The summed E-state index contributed by atoms with van der Waals surface area (Å²) in [5.41, 5.74) is 2.92. The first kappa shape index (κ1) is 24.3. The standard InChI is InChI=1S/C25H22ClN5O3S/c1-16(32)27-19-8-10-20(11-9-19)28-23(33)15-35-25-30-29-24(17-4-3-5-22(14-17)34-2)31(25)21-12-6-18(26)7-13-21/h3-14H,15H2,1-2H3,(H,27,32)(H,28,33). The maximum atomic E-state index is 12.6. The number of rotatable bonds is 8. The van der Waals surface area contributed by atoms with Gasteiger partial charge in [0.05, 0.1) is 12.9 Å². The number of hydrogen-bond donors (Lipinski definition) is 2. The quantitative estimate of drug-likeness (QED) is 0.315. The molecule has 0 fully saturated rings. The summed E-state index contributed by atoms with van der Waals surface area (Å²) in [5, 5.41) is 15.5. The summed E-state index contributed by atoms with van der Waals surface area (Å²) in [5.74, 6) is 1.08. The summed E-state index contributed by atoms with van der Waals surface area (Å²) in [6.45, 7) is 1.44. The SMILES string of the molecule is COc1cccc(-c2nnc(SCC(=O)Nc3ccc(NC(C)=O)cc3)n2-c2ccc(Cl)cc2)c1. The first-order valence-corrected chi connectivity index (χ1v) is 12.0. The second-order valence-corrected chi connectivity index (χ2v) is 8.82. The van der Waals surface area contributed by atoms with Crippen LogP contribution in [-0.2, 0) is 9.59 Å². The van der Waals surface area contributed by atoms with Crippen molar-refractivity contribution in [3.05, 3.63) is 77.8 Å². The van der Waals surface area contributed by atoms with Gasteiger partial charge in [0.1, 0.15) is 5.75 Å². The van der Waals surface area contributed by atoms with Gasteiger partial charge in [0.25, 0.3) is 0 Å². The number of nitrogens with zero attached hydrogens (tertiary/aromatic N) is 3. The molecule has 4 rings (SSSR count). The van der Waals surface area contributed by atoms with Crippen LogP contribution in [0.5, 0.6) is 5.75 Å². The van der Waals surface area contributed by atoms with E-state index in [2.05, 4.69) is 20.8 Å². The second kappa shape index (κ2) is 11.1. The molecule has 0 aliphatic heterocycles. The number of carbonyl (C=O) groups is 2. The van der Waals surface area contributed by atoms with Crippen LogP contribution in [0.4, 0.5) is 11.4 Å². The summed E-state index contributed by atoms with van der Waals surface area (Å²) in [6, 6.07) is 21.8. The van der Waals surface area contributed by atoms with Crippen molar-refractivity contribution >= 4 is 46.6 Å². The maximum Gasteiger partial charge on any atom is 0.234 e. The molecule has 0 atom stereocenters. The number of ether oxygens (including phenoxy) is 1. The van der Waals surface area contributed by atoms with Crippen LogP contribution in [-0.4, -0.2) is 39.4 Å². The second-order valence-electron chi connectivity index (χ2n) is 7.45. The number of nitrogens with one attached hydrogen (secondary N) is 2. The third kappa shape index (κ3) is 6.20. The van der Waals surface area contributed by atoms with Crippen LogP contribution in [0.2, 0.25) is 5.02 Å². The molecule has 0 saturated heterocycles. The van der Waals surface area contributed by atoms with Gasteiger partial charge in [-0.2, -0.15) is 0 Å². The molecule has 0 spiro atoms. The molecular weight excluding hydrogens is 486 g/mol. The normalized spacial score (nSPS) is 10.6. The van der Waals surface area contributed by atoms with E-state index in [0.29, 0.717) is 33.1 Å². The predicted octanol–water partition coefficient (Wildman–Crippen LogP) is 5.29. The van der Waals surface area contributed by atoms with Gasteiger partial charge in [-0.25, -0.2) is 0 Å². The maximum absolute atomic E-state index is 12.6. The minimum absolute atomic E-state index is 0.122. The number of anilines is 2. The molecule has 0 aliphatic carbocycles. The molecule has 0 saturated carbocycles. The zero-order chi connectivity index (χ0) is 24.8. The number of halogens is 1. The lowest BCUT2D eigenvalue weighted by Crippen LogP contribution is -2.14. The lowest BCUT2D eigenvalue weighted by Gasteiger charge is -2.11. The van der Waals surface area contributed by atoms with Crippen molar-refractivity contribution in [1.29, 1.82) is 0 Å². The highest BCUT2D eigenvalue weighted by atomic mass is 35.5. The van der Waals surface area contributed by atoms with Gasteiger partial charge >= 0.3 is 0 Å². The third-order valence-corrected chi connectivity index (χ3v) is 6.05. The Bertz CT molecular complexity index is 1340. The van der Waals surface area contributed by atoms with Crippen molar-refractivity contribution in [1.82, 2.24) is 14.8 Å². The molecule has 8 nitrogen and oxygen atoms in total. The fraction of sp³-hybridized carbons (Fsp3) is 0.120. The summed E-state index contributed by atoms with van der Waals surface area (Å²) in [4.78, 5) is 23.8. The fourth-order valence-electron chi connectivity index (χ4n) is 3.30. The van der Waals surface area contributed by atoms with Crippen LogP contribution >= 0.6 is 23.4 Å². The molecule has 1 aromatic heterocycles. The Balaban J connectivity index is 1.54. The number of benzene rings is 3. The average molecular weight is 508 g/mol. The lowest BCUT2D eigenvalue weighted by atomic mass is 10.2. The highest BCUT2D eigenvalue weighted by molar-refractivity contribution is 7.99. The Hall–Kier alpha value is -3.82. The molecule has 1 heterocycles.